The van der Waals surface area contributed by atoms with Crippen LogP contribution in [-0.4, -0.2) is 35.5 Å². The van der Waals surface area contributed by atoms with Crippen LogP contribution in [0.5, 0.6) is 0 Å². The van der Waals surface area contributed by atoms with Gasteiger partial charge in [0.1, 0.15) is 0 Å². The molecule has 0 aliphatic heterocycles. The van der Waals surface area contributed by atoms with E-state index in [9.17, 15) is 0 Å². The van der Waals surface area contributed by atoms with Crippen LogP contribution in [0.25, 0.3) is 0 Å². The average Bonchev–Trinajstić information content (AvgIpc) is 2.26. The molecule has 1 fully saturated rings. The first-order valence-corrected chi connectivity index (χ1v) is 5.20. The Bertz CT molecular complexity index is 203. The molecule has 1 aliphatic carbocycles. The predicted molar refractivity (Wildman–Crippen MR) is 52.5 cm³/mol. The Hall–Kier alpha value is -0.630. The lowest BCUT2D eigenvalue weighted by atomic mass is 9.85. The minimum Gasteiger partial charge on any atom is -0.394 e. The first-order valence-electron chi connectivity index (χ1n) is 5.20. The van der Waals surface area contributed by atoms with Gasteiger partial charge in [-0.1, -0.05) is 12.8 Å². The summed E-state index contributed by atoms with van der Waals surface area (Å²) in [6.07, 6.45) is 3.50. The van der Waals surface area contributed by atoms with E-state index in [0.29, 0.717) is 6.54 Å². The Morgan fingerprint density at radius 2 is 2.14 bits per heavy atom. The fourth-order valence-electron chi connectivity index (χ4n) is 1.88. The second kappa shape index (κ2) is 5.97. The SMILES string of the molecule is N#CC1CCCCC1NCC(O)CO. The molecule has 0 heterocycles. The highest BCUT2D eigenvalue weighted by molar-refractivity contribution is 4.94. The molecule has 80 valence electrons. The Kier molecular flexibility index (Phi) is 4.88. The summed E-state index contributed by atoms with van der Waals surface area (Å²) >= 11 is 0. The summed E-state index contributed by atoms with van der Waals surface area (Å²) in [6.45, 7) is 0.149. The quantitative estimate of drug-likeness (QED) is 0.595. The van der Waals surface area contributed by atoms with Crippen LogP contribution in [0.1, 0.15) is 25.7 Å². The summed E-state index contributed by atoms with van der Waals surface area (Å²) < 4.78 is 0. The van der Waals surface area contributed by atoms with Crippen molar-refractivity contribution in [2.75, 3.05) is 13.2 Å². The molecule has 0 aromatic carbocycles. The maximum absolute atomic E-state index is 9.15. The van der Waals surface area contributed by atoms with Gasteiger partial charge in [-0.3, -0.25) is 0 Å². The molecule has 0 amide bonds. The molecule has 0 aromatic rings. The van der Waals surface area contributed by atoms with Crippen molar-refractivity contribution >= 4 is 0 Å². The van der Waals surface area contributed by atoms with E-state index in [-0.39, 0.29) is 18.6 Å². The zero-order chi connectivity index (χ0) is 10.4. The zero-order valence-electron chi connectivity index (χ0n) is 8.32. The number of nitrogens with one attached hydrogen (secondary N) is 1. The molecule has 1 rings (SSSR count). The van der Waals surface area contributed by atoms with Gasteiger partial charge in [-0.15, -0.1) is 0 Å². The Labute approximate surface area is 84.5 Å². The highest BCUT2D eigenvalue weighted by Gasteiger charge is 2.24. The third-order valence-corrected chi connectivity index (χ3v) is 2.76. The standard InChI is InChI=1S/C10H18N2O2/c11-5-8-3-1-2-4-10(8)12-6-9(14)7-13/h8-10,12-14H,1-4,6-7H2. The normalized spacial score (nSPS) is 29.5. The lowest BCUT2D eigenvalue weighted by Crippen LogP contribution is -2.42. The van der Waals surface area contributed by atoms with Crippen molar-refractivity contribution in [3.05, 3.63) is 0 Å². The largest absolute Gasteiger partial charge is 0.394 e. The van der Waals surface area contributed by atoms with Gasteiger partial charge in [0.2, 0.25) is 0 Å². The van der Waals surface area contributed by atoms with Crippen molar-refractivity contribution in [1.29, 1.82) is 5.26 Å². The molecule has 3 N–H and O–H groups in total. The number of aliphatic hydroxyl groups excluding tert-OH is 2. The fraction of sp³-hybridized carbons (Fsp3) is 0.900. The van der Waals surface area contributed by atoms with Gasteiger partial charge >= 0.3 is 0 Å². The number of rotatable bonds is 4. The van der Waals surface area contributed by atoms with Crippen molar-refractivity contribution in [1.82, 2.24) is 5.32 Å². The summed E-state index contributed by atoms with van der Waals surface area (Å²) in [5.74, 6) is 0.0645. The third-order valence-electron chi connectivity index (χ3n) is 2.76. The van der Waals surface area contributed by atoms with Gasteiger partial charge in [0.25, 0.3) is 0 Å². The van der Waals surface area contributed by atoms with E-state index in [1.54, 1.807) is 0 Å². The average molecular weight is 198 g/mol. The monoisotopic (exact) mass is 198 g/mol. The Morgan fingerprint density at radius 1 is 1.43 bits per heavy atom. The van der Waals surface area contributed by atoms with Gasteiger partial charge in [0.05, 0.1) is 24.7 Å². The van der Waals surface area contributed by atoms with Gasteiger partial charge < -0.3 is 15.5 Å². The number of hydrogen-bond donors (Lipinski definition) is 3. The van der Waals surface area contributed by atoms with Crippen molar-refractivity contribution in [2.45, 2.75) is 37.8 Å². The second-order valence-corrected chi connectivity index (χ2v) is 3.87. The van der Waals surface area contributed by atoms with Gasteiger partial charge in [-0.25, -0.2) is 0 Å². The number of hydrogen-bond acceptors (Lipinski definition) is 4. The number of nitrogens with zero attached hydrogens (tertiary/aromatic N) is 1. The van der Waals surface area contributed by atoms with E-state index < -0.39 is 6.10 Å². The molecule has 14 heavy (non-hydrogen) atoms. The van der Waals surface area contributed by atoms with Crippen LogP contribution in [0.15, 0.2) is 0 Å². The molecule has 4 nitrogen and oxygen atoms in total. The molecule has 0 radical (unpaired) electrons. The van der Waals surface area contributed by atoms with Gasteiger partial charge in [0.15, 0.2) is 0 Å². The molecule has 1 aliphatic rings. The van der Waals surface area contributed by atoms with Crippen LogP contribution < -0.4 is 5.32 Å². The van der Waals surface area contributed by atoms with Crippen LogP contribution in [0, 0.1) is 17.2 Å². The van der Waals surface area contributed by atoms with Gasteiger partial charge in [-0.2, -0.15) is 5.26 Å². The minimum absolute atomic E-state index is 0.0645. The second-order valence-electron chi connectivity index (χ2n) is 3.87. The fourth-order valence-corrected chi connectivity index (χ4v) is 1.88. The van der Waals surface area contributed by atoms with Crippen molar-refractivity contribution < 1.29 is 10.2 Å². The summed E-state index contributed by atoms with van der Waals surface area (Å²) in [5, 5.41) is 29.8. The van der Waals surface area contributed by atoms with Crippen molar-refractivity contribution in [3.8, 4) is 6.07 Å². The van der Waals surface area contributed by atoms with Crippen molar-refractivity contribution in [2.24, 2.45) is 5.92 Å². The molecule has 0 saturated heterocycles. The third kappa shape index (κ3) is 3.26. The summed E-state index contributed by atoms with van der Waals surface area (Å²) in [7, 11) is 0. The van der Waals surface area contributed by atoms with E-state index in [1.807, 2.05) is 0 Å². The van der Waals surface area contributed by atoms with E-state index in [1.165, 1.54) is 0 Å². The highest BCUT2D eigenvalue weighted by Crippen LogP contribution is 2.23. The molecule has 3 unspecified atom stereocenters. The molecule has 0 bridgehead atoms. The topological polar surface area (TPSA) is 76.3 Å². The maximum Gasteiger partial charge on any atom is 0.0895 e. The zero-order valence-corrected chi connectivity index (χ0v) is 8.32. The maximum atomic E-state index is 9.15. The van der Waals surface area contributed by atoms with Crippen LogP contribution in [0.2, 0.25) is 0 Å². The summed E-state index contributed by atoms with van der Waals surface area (Å²) in [4.78, 5) is 0. The first-order chi connectivity index (χ1) is 6.77. The smallest absolute Gasteiger partial charge is 0.0895 e. The highest BCUT2D eigenvalue weighted by atomic mass is 16.3. The van der Waals surface area contributed by atoms with E-state index in [2.05, 4.69) is 11.4 Å². The number of aliphatic hydroxyl groups is 2. The van der Waals surface area contributed by atoms with Crippen molar-refractivity contribution in [3.63, 3.8) is 0 Å². The van der Waals surface area contributed by atoms with Crippen LogP contribution >= 0.6 is 0 Å². The first kappa shape index (κ1) is 11.4. The lowest BCUT2D eigenvalue weighted by Gasteiger charge is -2.28. The van der Waals surface area contributed by atoms with Crippen LogP contribution in [0.4, 0.5) is 0 Å². The summed E-state index contributed by atoms with van der Waals surface area (Å²) in [6, 6.07) is 2.48. The molecule has 0 aromatic heterocycles. The molecule has 3 atom stereocenters. The molecule has 0 spiro atoms. The molecule has 4 heteroatoms. The number of nitriles is 1. The van der Waals surface area contributed by atoms with E-state index >= 15 is 0 Å². The summed E-state index contributed by atoms with van der Waals surface area (Å²) in [5.41, 5.74) is 0. The minimum atomic E-state index is -0.712. The Balaban J connectivity index is 2.30. The van der Waals surface area contributed by atoms with Gasteiger partial charge in [0, 0.05) is 12.6 Å². The molecular formula is C10H18N2O2. The van der Waals surface area contributed by atoms with E-state index in [4.69, 9.17) is 15.5 Å². The van der Waals surface area contributed by atoms with Gasteiger partial charge in [-0.05, 0) is 12.8 Å². The van der Waals surface area contributed by atoms with Crippen LogP contribution in [0.3, 0.4) is 0 Å². The van der Waals surface area contributed by atoms with E-state index in [0.717, 1.165) is 25.7 Å². The van der Waals surface area contributed by atoms with Crippen LogP contribution in [-0.2, 0) is 0 Å². The molecular weight excluding hydrogens is 180 g/mol. The predicted octanol–water partition coefficient (Wildman–Crippen LogP) is 0.0116. The molecule has 1 saturated carbocycles. The lowest BCUT2D eigenvalue weighted by molar-refractivity contribution is 0.0887. The Morgan fingerprint density at radius 3 is 2.79 bits per heavy atom.